The van der Waals surface area contributed by atoms with Crippen LogP contribution in [-0.4, -0.2) is 36.5 Å². The molecule has 4 aromatic carbocycles. The lowest BCUT2D eigenvalue weighted by Crippen LogP contribution is -2.47. The van der Waals surface area contributed by atoms with Crippen molar-refractivity contribution in [2.24, 2.45) is 0 Å². The van der Waals surface area contributed by atoms with E-state index in [0.29, 0.717) is 31.8 Å². The minimum atomic E-state index is -0.504. The highest BCUT2D eigenvalue weighted by molar-refractivity contribution is 5.70. The molecule has 5 rings (SSSR count). The van der Waals surface area contributed by atoms with Crippen LogP contribution in [0.4, 0.5) is 4.79 Å². The molecular weight excluding hydrogens is 462 g/mol. The second-order valence-corrected chi connectivity index (χ2v) is 9.15. The maximum atomic E-state index is 12.9. The number of cyclic esters (lactones) is 1. The molecule has 0 bridgehead atoms. The average Bonchev–Trinajstić information content (AvgIpc) is 3.30. The van der Waals surface area contributed by atoms with Gasteiger partial charge in [0.1, 0.15) is 18.1 Å². The van der Waals surface area contributed by atoms with E-state index in [1.807, 2.05) is 91.0 Å². The molecule has 1 amide bonds. The first-order valence-corrected chi connectivity index (χ1v) is 12.7. The molecule has 1 saturated heterocycles. The predicted molar refractivity (Wildman–Crippen MR) is 144 cm³/mol. The number of ether oxygens (including phenoxy) is 3. The van der Waals surface area contributed by atoms with Crippen molar-refractivity contribution >= 4 is 6.09 Å². The molecule has 0 saturated carbocycles. The van der Waals surface area contributed by atoms with E-state index in [0.717, 1.165) is 23.3 Å². The van der Waals surface area contributed by atoms with E-state index in [4.69, 9.17) is 14.2 Å². The lowest BCUT2D eigenvalue weighted by Gasteiger charge is -2.31. The van der Waals surface area contributed by atoms with Crippen LogP contribution in [0.15, 0.2) is 115 Å². The zero-order valence-electron chi connectivity index (χ0n) is 20.7. The third-order valence-electron chi connectivity index (χ3n) is 6.48. The van der Waals surface area contributed by atoms with Gasteiger partial charge in [-0.1, -0.05) is 91.0 Å². The van der Waals surface area contributed by atoms with E-state index in [1.54, 1.807) is 4.90 Å². The fourth-order valence-electron chi connectivity index (χ4n) is 4.58. The first-order chi connectivity index (χ1) is 18.2. The van der Waals surface area contributed by atoms with Crippen LogP contribution in [0.1, 0.15) is 16.7 Å². The molecule has 4 aromatic rings. The molecule has 1 fully saturated rings. The Balaban J connectivity index is 1.28. The third kappa shape index (κ3) is 6.70. The Kier molecular flexibility index (Phi) is 8.01. The van der Waals surface area contributed by atoms with Crippen LogP contribution in [0.2, 0.25) is 0 Å². The van der Waals surface area contributed by atoms with Gasteiger partial charge in [0, 0.05) is 12.8 Å². The minimum absolute atomic E-state index is 0.107. The number of amides is 1. The molecule has 0 unspecified atom stereocenters. The van der Waals surface area contributed by atoms with Gasteiger partial charge in [-0.3, -0.25) is 4.90 Å². The van der Waals surface area contributed by atoms with Gasteiger partial charge in [-0.2, -0.15) is 0 Å². The van der Waals surface area contributed by atoms with Crippen molar-refractivity contribution < 1.29 is 19.0 Å². The molecule has 0 aliphatic carbocycles. The summed E-state index contributed by atoms with van der Waals surface area (Å²) in [5, 5.41) is 0. The Labute approximate surface area is 218 Å². The van der Waals surface area contributed by atoms with Crippen molar-refractivity contribution in [2.45, 2.75) is 31.5 Å². The molecular formula is C32H31NO4. The second-order valence-electron chi connectivity index (χ2n) is 9.15. The molecule has 5 heteroatoms. The van der Waals surface area contributed by atoms with E-state index < -0.39 is 6.23 Å². The van der Waals surface area contributed by atoms with Gasteiger partial charge in [-0.25, -0.2) is 4.79 Å². The molecule has 5 nitrogen and oxygen atoms in total. The van der Waals surface area contributed by atoms with E-state index in [2.05, 4.69) is 24.3 Å². The quantitative estimate of drug-likeness (QED) is 0.245. The van der Waals surface area contributed by atoms with E-state index in [9.17, 15) is 4.79 Å². The summed E-state index contributed by atoms with van der Waals surface area (Å²) < 4.78 is 17.8. The summed E-state index contributed by atoms with van der Waals surface area (Å²) in [4.78, 5) is 14.6. The van der Waals surface area contributed by atoms with Gasteiger partial charge in [0.2, 0.25) is 0 Å². The lowest BCUT2D eigenvalue weighted by atomic mass is 10.0. The summed E-state index contributed by atoms with van der Waals surface area (Å²) >= 11 is 0. The van der Waals surface area contributed by atoms with Gasteiger partial charge in [0.15, 0.2) is 6.23 Å². The smallest absolute Gasteiger partial charge is 0.413 e. The van der Waals surface area contributed by atoms with Crippen molar-refractivity contribution in [1.29, 1.82) is 0 Å². The van der Waals surface area contributed by atoms with Crippen LogP contribution >= 0.6 is 0 Å². The molecule has 0 N–H and O–H groups in total. The van der Waals surface area contributed by atoms with Gasteiger partial charge >= 0.3 is 6.09 Å². The average molecular weight is 494 g/mol. The number of rotatable bonds is 11. The zero-order valence-corrected chi connectivity index (χ0v) is 20.7. The Morgan fingerprint density at radius 1 is 0.730 bits per heavy atom. The van der Waals surface area contributed by atoms with Gasteiger partial charge in [-0.05, 0) is 47.4 Å². The van der Waals surface area contributed by atoms with Gasteiger partial charge in [0.05, 0.1) is 12.6 Å². The maximum Gasteiger partial charge on any atom is 0.413 e. The highest BCUT2D eigenvalue weighted by atomic mass is 16.6. The number of hydrogen-bond donors (Lipinski definition) is 0. The summed E-state index contributed by atoms with van der Waals surface area (Å²) in [6.45, 7) is 0.959. The largest absolute Gasteiger partial charge is 0.493 e. The van der Waals surface area contributed by atoms with Crippen LogP contribution in [0.5, 0.6) is 11.5 Å². The van der Waals surface area contributed by atoms with E-state index in [1.165, 1.54) is 5.56 Å². The summed E-state index contributed by atoms with van der Waals surface area (Å²) in [6.07, 6.45) is 1.24. The van der Waals surface area contributed by atoms with Gasteiger partial charge < -0.3 is 14.2 Å². The highest BCUT2D eigenvalue weighted by Crippen LogP contribution is 2.25. The standard InChI is InChI=1S/C32H31NO4/c34-32-33(28(24-36-32)22-26-12-6-2-7-13-26)31(37-30-14-8-3-9-15-30)23-27-16-18-29(19-17-27)35-21-20-25-10-4-1-5-11-25/h1-19,28,31H,20-24H2/t28-,31-/m0/s1. The normalized spacial score (nSPS) is 15.7. The Morgan fingerprint density at radius 3 is 2.03 bits per heavy atom. The Morgan fingerprint density at radius 2 is 1.35 bits per heavy atom. The Bertz CT molecular complexity index is 1250. The van der Waals surface area contributed by atoms with Crippen molar-refractivity contribution in [3.63, 3.8) is 0 Å². The molecule has 0 aromatic heterocycles. The number of para-hydroxylation sites is 1. The van der Waals surface area contributed by atoms with Gasteiger partial charge in [-0.15, -0.1) is 0 Å². The number of nitrogens with zero attached hydrogens (tertiary/aromatic N) is 1. The lowest BCUT2D eigenvalue weighted by molar-refractivity contribution is 0.0393. The summed E-state index contributed by atoms with van der Waals surface area (Å²) in [5.74, 6) is 1.54. The zero-order chi connectivity index (χ0) is 25.3. The fourth-order valence-corrected chi connectivity index (χ4v) is 4.58. The molecule has 1 heterocycles. The SMILES string of the molecule is O=C1OC[C@H](Cc2ccccc2)N1[C@H](Cc1ccc(OCCc2ccccc2)cc1)Oc1ccccc1. The molecule has 37 heavy (non-hydrogen) atoms. The topological polar surface area (TPSA) is 48.0 Å². The third-order valence-corrected chi connectivity index (χ3v) is 6.48. The molecule has 1 aliphatic heterocycles. The molecule has 0 radical (unpaired) electrons. The minimum Gasteiger partial charge on any atom is -0.493 e. The number of hydrogen-bond acceptors (Lipinski definition) is 4. The van der Waals surface area contributed by atoms with Crippen molar-refractivity contribution in [3.05, 3.63) is 132 Å². The van der Waals surface area contributed by atoms with E-state index >= 15 is 0 Å². The predicted octanol–water partition coefficient (Wildman–Crippen LogP) is 6.32. The first-order valence-electron chi connectivity index (χ1n) is 12.7. The fraction of sp³-hybridized carbons (Fsp3) is 0.219. The molecule has 0 spiro atoms. The monoisotopic (exact) mass is 493 g/mol. The van der Waals surface area contributed by atoms with Crippen molar-refractivity contribution in [2.75, 3.05) is 13.2 Å². The van der Waals surface area contributed by atoms with Crippen molar-refractivity contribution in [3.8, 4) is 11.5 Å². The first kappa shape index (κ1) is 24.4. The summed E-state index contributed by atoms with van der Waals surface area (Å²) in [6, 6.07) is 38.0. The van der Waals surface area contributed by atoms with Crippen LogP contribution in [-0.2, 0) is 24.0 Å². The molecule has 188 valence electrons. The van der Waals surface area contributed by atoms with Crippen LogP contribution in [0.3, 0.4) is 0 Å². The van der Waals surface area contributed by atoms with Crippen molar-refractivity contribution in [1.82, 2.24) is 4.90 Å². The number of benzene rings is 4. The molecule has 2 atom stereocenters. The maximum absolute atomic E-state index is 12.9. The van der Waals surface area contributed by atoms with Crippen LogP contribution < -0.4 is 9.47 Å². The second kappa shape index (κ2) is 12.1. The summed E-state index contributed by atoms with van der Waals surface area (Å²) in [7, 11) is 0. The van der Waals surface area contributed by atoms with E-state index in [-0.39, 0.29) is 12.1 Å². The number of carbonyl (C=O) groups is 1. The Hall–Kier alpha value is -4.25. The number of carbonyl (C=O) groups excluding carboxylic acids is 1. The summed E-state index contributed by atoms with van der Waals surface area (Å²) in [5.41, 5.74) is 3.46. The van der Waals surface area contributed by atoms with Crippen LogP contribution in [0.25, 0.3) is 0 Å². The molecule has 1 aliphatic rings. The highest BCUT2D eigenvalue weighted by Gasteiger charge is 2.39. The van der Waals surface area contributed by atoms with Gasteiger partial charge in [0.25, 0.3) is 0 Å². The van der Waals surface area contributed by atoms with Crippen LogP contribution in [0, 0.1) is 0 Å².